The van der Waals surface area contributed by atoms with Gasteiger partial charge in [-0.1, -0.05) is 18.6 Å². The lowest BCUT2D eigenvalue weighted by Crippen LogP contribution is -2.62. The quantitative estimate of drug-likeness (QED) is 0.885. The summed E-state index contributed by atoms with van der Waals surface area (Å²) in [4.78, 5) is 10.5. The summed E-state index contributed by atoms with van der Waals surface area (Å²) in [7, 11) is 0. The van der Waals surface area contributed by atoms with Crippen molar-refractivity contribution >= 4 is 17.0 Å². The van der Waals surface area contributed by atoms with Crippen molar-refractivity contribution in [2.75, 3.05) is 31.1 Å². The van der Waals surface area contributed by atoms with Crippen LogP contribution in [0.1, 0.15) is 38.5 Å². The highest BCUT2D eigenvalue weighted by atomic mass is 16.3. The van der Waals surface area contributed by atoms with Gasteiger partial charge < -0.3 is 14.6 Å². The average molecular weight is 381 g/mol. The number of aliphatic hydroxyl groups excluding tert-OH is 1. The summed E-state index contributed by atoms with van der Waals surface area (Å²) in [6.45, 7) is 4.32. The summed E-state index contributed by atoms with van der Waals surface area (Å²) in [5.41, 5.74) is 2.20. The molecule has 6 rings (SSSR count). The normalized spacial score (nSPS) is 33.2. The SMILES string of the molecule is OCCn1c(N2C[C@@H]3C[C@H](C2)[C@@H]2CCC[C@H](C4CC4)N2C3)nc2ccccc21. The number of imidazole rings is 1. The van der Waals surface area contributed by atoms with E-state index in [4.69, 9.17) is 4.98 Å². The number of nitrogens with zero attached hydrogens (tertiary/aromatic N) is 4. The minimum Gasteiger partial charge on any atom is -0.395 e. The van der Waals surface area contributed by atoms with Crippen molar-refractivity contribution in [3.05, 3.63) is 24.3 Å². The molecule has 1 aromatic carbocycles. The molecule has 3 aliphatic heterocycles. The highest BCUT2D eigenvalue weighted by molar-refractivity contribution is 5.78. The van der Waals surface area contributed by atoms with E-state index in [2.05, 4.69) is 38.6 Å². The van der Waals surface area contributed by atoms with Crippen LogP contribution in [0, 0.1) is 17.8 Å². The molecule has 5 heteroatoms. The first-order valence-electron chi connectivity index (χ1n) is 11.4. The van der Waals surface area contributed by atoms with Crippen LogP contribution in [-0.4, -0.2) is 57.9 Å². The first-order chi connectivity index (χ1) is 13.8. The molecule has 1 N–H and O–H groups in total. The van der Waals surface area contributed by atoms with E-state index >= 15 is 0 Å². The molecular formula is C23H32N4O. The van der Waals surface area contributed by atoms with Gasteiger partial charge in [0, 0.05) is 38.3 Å². The molecule has 4 aliphatic rings. The fourth-order valence-electron chi connectivity index (χ4n) is 6.62. The summed E-state index contributed by atoms with van der Waals surface area (Å²) >= 11 is 0. The van der Waals surface area contributed by atoms with E-state index in [0.29, 0.717) is 6.54 Å². The number of hydrogen-bond donors (Lipinski definition) is 1. The standard InChI is InChI=1S/C23H32N4O/c28-11-10-26-22-5-2-1-4-19(22)24-23(26)25-13-16-12-18(15-25)21-7-3-6-20(17-8-9-17)27(21)14-16/h1-2,4-5,16-18,20-21,28H,3,6-15H2/t16-,18+,20+,21-/m0/s1. The Morgan fingerprint density at radius 1 is 0.964 bits per heavy atom. The molecule has 2 aromatic rings. The molecule has 0 spiro atoms. The van der Waals surface area contributed by atoms with Crippen LogP contribution in [0.5, 0.6) is 0 Å². The Hall–Kier alpha value is -1.59. The van der Waals surface area contributed by atoms with E-state index in [1.807, 2.05) is 0 Å². The lowest BCUT2D eigenvalue weighted by atomic mass is 9.74. The fourth-order valence-corrected chi connectivity index (χ4v) is 6.62. The van der Waals surface area contributed by atoms with Gasteiger partial charge in [0.25, 0.3) is 0 Å². The van der Waals surface area contributed by atoms with Crippen molar-refractivity contribution < 1.29 is 5.11 Å². The third kappa shape index (κ3) is 2.78. The summed E-state index contributed by atoms with van der Waals surface area (Å²) in [6, 6.07) is 10.0. The number of piperidine rings is 3. The topological polar surface area (TPSA) is 44.5 Å². The van der Waals surface area contributed by atoms with Gasteiger partial charge in [0.15, 0.2) is 0 Å². The maximum atomic E-state index is 9.65. The Morgan fingerprint density at radius 2 is 1.79 bits per heavy atom. The second-order valence-corrected chi connectivity index (χ2v) is 9.64. The van der Waals surface area contributed by atoms with Gasteiger partial charge in [0.1, 0.15) is 0 Å². The minimum atomic E-state index is 0.160. The average Bonchev–Trinajstić information content (AvgIpc) is 3.50. The van der Waals surface area contributed by atoms with Gasteiger partial charge in [0.2, 0.25) is 5.95 Å². The predicted octanol–water partition coefficient (Wildman–Crippen LogP) is 3.12. The highest BCUT2D eigenvalue weighted by Gasteiger charge is 2.48. The van der Waals surface area contributed by atoms with Gasteiger partial charge in [-0.2, -0.15) is 0 Å². The molecule has 5 nitrogen and oxygen atoms in total. The van der Waals surface area contributed by atoms with Crippen molar-refractivity contribution in [2.24, 2.45) is 17.8 Å². The molecule has 4 fully saturated rings. The van der Waals surface area contributed by atoms with E-state index in [1.165, 1.54) is 45.1 Å². The molecule has 28 heavy (non-hydrogen) atoms. The second-order valence-electron chi connectivity index (χ2n) is 9.64. The molecular weight excluding hydrogens is 348 g/mol. The Kier molecular flexibility index (Phi) is 4.16. The second kappa shape index (κ2) is 6.74. The molecule has 1 aromatic heterocycles. The predicted molar refractivity (Wildman–Crippen MR) is 111 cm³/mol. The van der Waals surface area contributed by atoms with Gasteiger partial charge in [-0.15, -0.1) is 0 Å². The van der Waals surface area contributed by atoms with E-state index in [1.54, 1.807) is 0 Å². The number of rotatable bonds is 4. The zero-order valence-corrected chi connectivity index (χ0v) is 16.7. The van der Waals surface area contributed by atoms with E-state index in [9.17, 15) is 5.11 Å². The highest BCUT2D eigenvalue weighted by Crippen LogP contribution is 2.46. The lowest BCUT2D eigenvalue weighted by Gasteiger charge is -2.55. The third-order valence-electron chi connectivity index (χ3n) is 7.84. The first-order valence-corrected chi connectivity index (χ1v) is 11.4. The summed E-state index contributed by atoms with van der Waals surface area (Å²) in [5.74, 6) is 3.62. The smallest absolute Gasteiger partial charge is 0.206 e. The molecule has 4 heterocycles. The molecule has 4 atom stereocenters. The van der Waals surface area contributed by atoms with Crippen molar-refractivity contribution in [3.63, 3.8) is 0 Å². The maximum Gasteiger partial charge on any atom is 0.206 e. The number of anilines is 1. The van der Waals surface area contributed by atoms with Crippen LogP contribution in [0.4, 0.5) is 5.95 Å². The first kappa shape index (κ1) is 17.3. The van der Waals surface area contributed by atoms with Gasteiger partial charge in [0.05, 0.1) is 17.6 Å². The van der Waals surface area contributed by atoms with E-state index < -0.39 is 0 Å². The van der Waals surface area contributed by atoms with Crippen LogP contribution in [0.15, 0.2) is 24.3 Å². The van der Waals surface area contributed by atoms with Gasteiger partial charge in [-0.05, 0) is 62.0 Å². The van der Waals surface area contributed by atoms with Crippen LogP contribution in [0.2, 0.25) is 0 Å². The number of benzene rings is 1. The third-order valence-corrected chi connectivity index (χ3v) is 7.84. The fraction of sp³-hybridized carbons (Fsp3) is 0.696. The van der Waals surface area contributed by atoms with Crippen LogP contribution in [0.25, 0.3) is 11.0 Å². The maximum absolute atomic E-state index is 9.65. The summed E-state index contributed by atoms with van der Waals surface area (Å²) in [6.07, 6.45) is 8.60. The summed E-state index contributed by atoms with van der Waals surface area (Å²) in [5, 5.41) is 9.65. The summed E-state index contributed by atoms with van der Waals surface area (Å²) < 4.78 is 2.24. The Labute approximate surface area is 167 Å². The molecule has 0 radical (unpaired) electrons. The Balaban J connectivity index is 1.30. The number of aromatic nitrogens is 2. The lowest BCUT2D eigenvalue weighted by molar-refractivity contribution is -0.0261. The molecule has 150 valence electrons. The molecule has 1 saturated carbocycles. The van der Waals surface area contributed by atoms with Crippen LogP contribution < -0.4 is 4.90 Å². The van der Waals surface area contributed by atoms with Crippen molar-refractivity contribution in [1.29, 1.82) is 0 Å². The molecule has 1 aliphatic carbocycles. The molecule has 0 amide bonds. The van der Waals surface area contributed by atoms with E-state index in [0.717, 1.165) is 59.9 Å². The van der Waals surface area contributed by atoms with Crippen molar-refractivity contribution in [3.8, 4) is 0 Å². The number of fused-ring (bicyclic) bond motifs is 5. The van der Waals surface area contributed by atoms with Crippen LogP contribution in [0.3, 0.4) is 0 Å². The largest absolute Gasteiger partial charge is 0.395 e. The molecule has 0 unspecified atom stereocenters. The van der Waals surface area contributed by atoms with Crippen molar-refractivity contribution in [1.82, 2.24) is 14.5 Å². The monoisotopic (exact) mass is 380 g/mol. The van der Waals surface area contributed by atoms with Crippen molar-refractivity contribution in [2.45, 2.75) is 57.2 Å². The Bertz CT molecular complexity index is 859. The number of para-hydroxylation sites is 2. The minimum absolute atomic E-state index is 0.160. The Morgan fingerprint density at radius 3 is 2.61 bits per heavy atom. The zero-order valence-electron chi connectivity index (χ0n) is 16.7. The van der Waals surface area contributed by atoms with Gasteiger partial charge in [-0.25, -0.2) is 4.98 Å². The molecule has 3 saturated heterocycles. The van der Waals surface area contributed by atoms with Gasteiger partial charge >= 0.3 is 0 Å². The number of aliphatic hydroxyl groups is 1. The van der Waals surface area contributed by atoms with Crippen LogP contribution in [-0.2, 0) is 6.54 Å². The van der Waals surface area contributed by atoms with Gasteiger partial charge in [-0.3, -0.25) is 4.90 Å². The molecule has 2 bridgehead atoms. The van der Waals surface area contributed by atoms with E-state index in [-0.39, 0.29) is 6.61 Å². The zero-order chi connectivity index (χ0) is 18.7. The van der Waals surface area contributed by atoms with Crippen LogP contribution >= 0.6 is 0 Å². The number of hydrogen-bond acceptors (Lipinski definition) is 4.